The number of nitrogens with zero attached hydrogens (tertiary/aromatic N) is 2. The summed E-state index contributed by atoms with van der Waals surface area (Å²) in [5.74, 6) is -0.0183. The number of hydrogen-bond acceptors (Lipinski definition) is 4. The Labute approximate surface area is 108 Å². The second-order valence-corrected chi connectivity index (χ2v) is 5.34. The Bertz CT molecular complexity index is 468. The Morgan fingerprint density at radius 3 is 2.21 bits per heavy atom. The van der Waals surface area contributed by atoms with E-state index in [0.717, 1.165) is 25.7 Å². The molecule has 0 radical (unpaired) electrons. The van der Waals surface area contributed by atoms with E-state index >= 15 is 0 Å². The first-order chi connectivity index (χ1) is 8.93. The van der Waals surface area contributed by atoms with Gasteiger partial charge in [0.1, 0.15) is 11.6 Å². The van der Waals surface area contributed by atoms with Gasteiger partial charge in [-0.3, -0.25) is 0 Å². The number of hydrogen-bond donors (Lipinski definition) is 2. The predicted octanol–water partition coefficient (Wildman–Crippen LogP) is 2.68. The molecule has 1 aromatic rings. The van der Waals surface area contributed by atoms with Crippen LogP contribution in [-0.4, -0.2) is 16.0 Å². The molecule has 0 saturated heterocycles. The number of rotatable bonds is 4. The monoisotopic (exact) mass is 272 g/mol. The molecular weight excluding hydrogens is 257 g/mol. The Kier molecular flexibility index (Phi) is 2.79. The van der Waals surface area contributed by atoms with E-state index in [1.165, 1.54) is 6.07 Å². The number of aromatic nitrogens is 2. The highest BCUT2D eigenvalue weighted by Gasteiger charge is 2.42. The first kappa shape index (κ1) is 12.5. The van der Waals surface area contributed by atoms with Crippen LogP contribution >= 0.6 is 0 Å². The van der Waals surface area contributed by atoms with E-state index in [1.54, 1.807) is 0 Å². The van der Waals surface area contributed by atoms with Gasteiger partial charge in [0, 0.05) is 12.1 Å². The highest BCUT2D eigenvalue weighted by atomic mass is 19.4. The third-order valence-electron chi connectivity index (χ3n) is 3.57. The fraction of sp³-hybridized carbons (Fsp3) is 0.667. The summed E-state index contributed by atoms with van der Waals surface area (Å²) in [6.45, 7) is 0. The van der Waals surface area contributed by atoms with Gasteiger partial charge in [-0.1, -0.05) is 0 Å². The largest absolute Gasteiger partial charge is 0.451 e. The predicted molar refractivity (Wildman–Crippen MR) is 64.3 cm³/mol. The third-order valence-corrected chi connectivity index (χ3v) is 3.57. The first-order valence-electron chi connectivity index (χ1n) is 6.42. The van der Waals surface area contributed by atoms with Crippen molar-refractivity contribution in [2.24, 2.45) is 11.8 Å². The van der Waals surface area contributed by atoms with Crippen LogP contribution < -0.4 is 11.1 Å². The standard InChI is InChI=1S/C12H15F3N4/c13-12(14,15)11-17-8(16)5-9(19-11)18-10(6-1-2-6)7-3-4-7/h5-7,10H,1-4H2,(H3,16,17,18,19). The minimum Gasteiger partial charge on any atom is -0.384 e. The van der Waals surface area contributed by atoms with Gasteiger partial charge in [-0.2, -0.15) is 13.2 Å². The number of halogens is 3. The summed E-state index contributed by atoms with van der Waals surface area (Å²) >= 11 is 0. The lowest BCUT2D eigenvalue weighted by Crippen LogP contribution is -2.26. The Balaban J connectivity index is 1.81. The van der Waals surface area contributed by atoms with Crippen LogP contribution in [0.15, 0.2) is 6.07 Å². The van der Waals surface area contributed by atoms with Gasteiger partial charge < -0.3 is 11.1 Å². The van der Waals surface area contributed by atoms with E-state index in [1.807, 2.05) is 0 Å². The summed E-state index contributed by atoms with van der Waals surface area (Å²) in [5.41, 5.74) is 5.42. The van der Waals surface area contributed by atoms with Crippen LogP contribution in [0.2, 0.25) is 0 Å². The molecule has 3 N–H and O–H groups in total. The van der Waals surface area contributed by atoms with E-state index in [2.05, 4.69) is 15.3 Å². The summed E-state index contributed by atoms with van der Waals surface area (Å²) in [7, 11) is 0. The van der Waals surface area contributed by atoms with E-state index in [4.69, 9.17) is 5.73 Å². The van der Waals surface area contributed by atoms with Crippen LogP contribution in [0.3, 0.4) is 0 Å². The number of nitrogens with one attached hydrogen (secondary N) is 1. The van der Waals surface area contributed by atoms with Crippen molar-refractivity contribution in [3.63, 3.8) is 0 Å². The molecule has 0 atom stereocenters. The fourth-order valence-corrected chi connectivity index (χ4v) is 2.37. The van der Waals surface area contributed by atoms with E-state index in [0.29, 0.717) is 11.8 Å². The summed E-state index contributed by atoms with van der Waals surface area (Å²) < 4.78 is 37.9. The topological polar surface area (TPSA) is 63.8 Å². The second kappa shape index (κ2) is 4.25. The molecule has 19 heavy (non-hydrogen) atoms. The first-order valence-corrected chi connectivity index (χ1v) is 6.42. The lowest BCUT2D eigenvalue weighted by molar-refractivity contribution is -0.144. The maximum Gasteiger partial charge on any atom is 0.451 e. The quantitative estimate of drug-likeness (QED) is 0.884. The molecular formula is C12H15F3N4. The molecule has 2 aliphatic carbocycles. The maximum atomic E-state index is 12.6. The highest BCUT2D eigenvalue weighted by Crippen LogP contribution is 2.45. The molecule has 0 aliphatic heterocycles. The zero-order valence-corrected chi connectivity index (χ0v) is 10.2. The Hall–Kier alpha value is -1.53. The van der Waals surface area contributed by atoms with Crippen LogP contribution in [0.25, 0.3) is 0 Å². The van der Waals surface area contributed by atoms with Gasteiger partial charge in [0.15, 0.2) is 0 Å². The Morgan fingerprint density at radius 1 is 1.16 bits per heavy atom. The molecule has 2 aliphatic rings. The van der Waals surface area contributed by atoms with Gasteiger partial charge in [-0.25, -0.2) is 9.97 Å². The summed E-state index contributed by atoms with van der Waals surface area (Å²) in [4.78, 5) is 6.77. The van der Waals surface area contributed by atoms with E-state index < -0.39 is 12.0 Å². The summed E-state index contributed by atoms with van der Waals surface area (Å²) in [6, 6.07) is 1.60. The van der Waals surface area contributed by atoms with Gasteiger partial charge in [0.2, 0.25) is 5.82 Å². The van der Waals surface area contributed by atoms with Crippen molar-refractivity contribution >= 4 is 11.6 Å². The molecule has 1 heterocycles. The number of nitrogen functional groups attached to an aromatic ring is 1. The molecule has 0 amide bonds. The molecule has 104 valence electrons. The zero-order valence-electron chi connectivity index (χ0n) is 10.2. The summed E-state index contributed by atoms with van der Waals surface area (Å²) in [6.07, 6.45) is -0.0100. The summed E-state index contributed by atoms with van der Waals surface area (Å²) in [5, 5.41) is 3.13. The number of anilines is 2. The molecule has 1 aromatic heterocycles. The van der Waals surface area contributed by atoms with Crippen LogP contribution in [0.4, 0.5) is 24.8 Å². The van der Waals surface area contributed by atoms with Crippen LogP contribution in [0, 0.1) is 11.8 Å². The molecule has 0 unspecified atom stereocenters. The smallest absolute Gasteiger partial charge is 0.384 e. The lowest BCUT2D eigenvalue weighted by atomic mass is 10.1. The van der Waals surface area contributed by atoms with Crippen molar-refractivity contribution in [2.75, 3.05) is 11.1 Å². The van der Waals surface area contributed by atoms with Crippen molar-refractivity contribution in [3.05, 3.63) is 11.9 Å². The van der Waals surface area contributed by atoms with Gasteiger partial charge in [-0.15, -0.1) is 0 Å². The molecule has 2 saturated carbocycles. The van der Waals surface area contributed by atoms with Gasteiger partial charge >= 0.3 is 6.18 Å². The minimum absolute atomic E-state index is 0.157. The Morgan fingerprint density at radius 2 is 1.74 bits per heavy atom. The molecule has 0 bridgehead atoms. The maximum absolute atomic E-state index is 12.6. The van der Waals surface area contributed by atoms with E-state index in [-0.39, 0.29) is 17.7 Å². The van der Waals surface area contributed by atoms with Gasteiger partial charge in [0.05, 0.1) is 0 Å². The molecule has 4 nitrogen and oxygen atoms in total. The molecule has 3 rings (SSSR count). The highest BCUT2D eigenvalue weighted by molar-refractivity contribution is 5.46. The lowest BCUT2D eigenvalue weighted by Gasteiger charge is -2.19. The van der Waals surface area contributed by atoms with Crippen molar-refractivity contribution in [3.8, 4) is 0 Å². The average Bonchev–Trinajstić information content (AvgIpc) is 3.16. The second-order valence-electron chi connectivity index (χ2n) is 5.34. The van der Waals surface area contributed by atoms with E-state index in [9.17, 15) is 13.2 Å². The third kappa shape index (κ3) is 2.90. The van der Waals surface area contributed by atoms with Crippen LogP contribution in [-0.2, 0) is 6.18 Å². The molecule has 0 aromatic carbocycles. The van der Waals surface area contributed by atoms with Crippen molar-refractivity contribution in [1.29, 1.82) is 0 Å². The average molecular weight is 272 g/mol. The van der Waals surface area contributed by atoms with Gasteiger partial charge in [0.25, 0.3) is 0 Å². The zero-order chi connectivity index (χ0) is 13.6. The molecule has 2 fully saturated rings. The normalized spacial score (nSPS) is 19.8. The molecule has 7 heteroatoms. The minimum atomic E-state index is -4.57. The van der Waals surface area contributed by atoms with Crippen molar-refractivity contribution in [1.82, 2.24) is 9.97 Å². The molecule has 0 spiro atoms. The van der Waals surface area contributed by atoms with Gasteiger partial charge in [-0.05, 0) is 37.5 Å². The number of alkyl halides is 3. The SMILES string of the molecule is Nc1cc(NC(C2CC2)C2CC2)nc(C(F)(F)F)n1. The van der Waals surface area contributed by atoms with Crippen LogP contribution in [0.5, 0.6) is 0 Å². The van der Waals surface area contributed by atoms with Crippen molar-refractivity contribution < 1.29 is 13.2 Å². The number of nitrogens with two attached hydrogens (primary N) is 1. The van der Waals surface area contributed by atoms with Crippen molar-refractivity contribution in [2.45, 2.75) is 37.9 Å². The fourth-order valence-electron chi connectivity index (χ4n) is 2.37. The van der Waals surface area contributed by atoms with Crippen LogP contribution in [0.1, 0.15) is 31.5 Å².